The Morgan fingerprint density at radius 2 is 0.545 bits per heavy atom. The van der Waals surface area contributed by atoms with Crippen LogP contribution >= 0.6 is 17.0 Å². The number of halogens is 2. The van der Waals surface area contributed by atoms with Crippen LogP contribution in [0.2, 0.25) is 13.1 Å². The fourth-order valence-electron chi connectivity index (χ4n) is 17.0. The number of hydrogen-bond donors (Lipinski definition) is 0. The Bertz CT molecular complexity index is 4860. The molecule has 2 fully saturated rings. The second-order valence-electron chi connectivity index (χ2n) is 26.7. The molecule has 2 saturated carbocycles. The van der Waals surface area contributed by atoms with Crippen LogP contribution in [-0.4, -0.2) is 5.92 Å². The molecule has 0 saturated heterocycles. The summed E-state index contributed by atoms with van der Waals surface area (Å²) in [4.78, 5) is 0. The van der Waals surface area contributed by atoms with E-state index in [-0.39, 0.29) is 7.25 Å². The van der Waals surface area contributed by atoms with Crippen LogP contribution in [0.15, 0.2) is 254 Å². The molecule has 0 nitrogen and oxygen atoms in total. The van der Waals surface area contributed by atoms with Crippen molar-refractivity contribution in [2.24, 2.45) is 11.8 Å². The Morgan fingerprint density at radius 1 is 0.318 bits per heavy atom. The van der Waals surface area contributed by atoms with Crippen LogP contribution < -0.4 is 0 Å². The van der Waals surface area contributed by atoms with Gasteiger partial charge in [0, 0.05) is 0 Å². The molecule has 0 bridgehead atoms. The van der Waals surface area contributed by atoms with Gasteiger partial charge in [0.2, 0.25) is 0 Å². The fourth-order valence-corrected chi connectivity index (χ4v) is 48.1. The first kappa shape index (κ1) is 53.4. The SMILES string of the molecule is C[SiH](C)[Zr]([Cl])([Cl])([CH]1C(CC2CC2)=Cc2c(-c3c4ccccc4cc4ccccc34)ccc(-c3c4ccccc4cc4ccccc34)c21)[CH]1C(CC2CC2)=Cc2c(-c3c4ccccc4cc4ccccc34)ccc(-c3c4ccccc4cc4ccccc34)c21. The maximum atomic E-state index is 10.1. The molecule has 14 aromatic carbocycles. The minimum atomic E-state index is -5.87. The molecule has 0 heterocycles. The van der Waals surface area contributed by atoms with E-state index in [1.807, 2.05) is 0 Å². The van der Waals surface area contributed by atoms with E-state index in [4.69, 9.17) is 0 Å². The molecule has 4 aliphatic carbocycles. The Labute approximate surface area is 523 Å². The summed E-state index contributed by atoms with van der Waals surface area (Å²) < 4.78 is -0.336. The molecular formula is C84H65Cl2SiZr. The van der Waals surface area contributed by atoms with Crippen molar-refractivity contribution in [2.45, 2.75) is 58.9 Å². The van der Waals surface area contributed by atoms with Gasteiger partial charge in [0.15, 0.2) is 0 Å². The van der Waals surface area contributed by atoms with Gasteiger partial charge in [-0.15, -0.1) is 0 Å². The van der Waals surface area contributed by atoms with Crippen molar-refractivity contribution in [1.29, 1.82) is 0 Å². The normalized spacial score (nSPS) is 17.2. The molecule has 0 radical (unpaired) electrons. The van der Waals surface area contributed by atoms with Gasteiger partial charge in [-0.05, 0) is 0 Å². The molecule has 2 unspecified atom stereocenters. The number of allylic oxidation sites excluding steroid dienone is 2. The molecule has 0 N–H and O–H groups in total. The van der Waals surface area contributed by atoms with Crippen molar-refractivity contribution < 1.29 is 15.6 Å². The topological polar surface area (TPSA) is 0 Å². The summed E-state index contributed by atoms with van der Waals surface area (Å²) in [6, 6.07) is 92.4. The van der Waals surface area contributed by atoms with E-state index in [9.17, 15) is 17.0 Å². The molecule has 423 valence electrons. The zero-order valence-electron chi connectivity index (χ0n) is 49.6. The Kier molecular flexibility index (Phi) is 12.2. The molecule has 2 atom stereocenters. The fraction of sp³-hybridized carbons (Fsp3) is 0.143. The van der Waals surface area contributed by atoms with Crippen LogP contribution in [0.5, 0.6) is 0 Å². The summed E-state index contributed by atoms with van der Waals surface area (Å²) >= 11 is -5.87. The summed E-state index contributed by atoms with van der Waals surface area (Å²) in [7, 11) is 20.2. The zero-order chi connectivity index (χ0) is 58.6. The predicted molar refractivity (Wildman–Crippen MR) is 381 cm³/mol. The van der Waals surface area contributed by atoms with E-state index in [0.29, 0.717) is 11.8 Å². The second-order valence-corrected chi connectivity index (χ2v) is 69.2. The van der Waals surface area contributed by atoms with Crippen molar-refractivity contribution in [3.05, 3.63) is 276 Å². The Morgan fingerprint density at radius 3 is 0.784 bits per heavy atom. The van der Waals surface area contributed by atoms with E-state index >= 15 is 0 Å². The molecule has 18 rings (SSSR count). The minimum absolute atomic E-state index is 0.168. The zero-order valence-corrected chi connectivity index (χ0v) is 54.8. The number of rotatable bonds is 11. The van der Waals surface area contributed by atoms with Crippen LogP contribution in [0.1, 0.15) is 68.0 Å². The maximum absolute atomic E-state index is 10.1. The molecule has 4 heteroatoms. The first-order chi connectivity index (χ1) is 43.2. The van der Waals surface area contributed by atoms with Crippen LogP contribution in [0.3, 0.4) is 0 Å². The molecular weight excluding hydrogens is 1200 g/mol. The van der Waals surface area contributed by atoms with Crippen molar-refractivity contribution in [3.8, 4) is 44.5 Å². The van der Waals surface area contributed by atoms with E-state index in [1.54, 1.807) is 0 Å². The molecule has 4 aliphatic rings. The first-order valence-corrected chi connectivity index (χ1v) is 48.4. The van der Waals surface area contributed by atoms with E-state index < -0.39 is 21.5 Å². The van der Waals surface area contributed by atoms with Gasteiger partial charge in [0.25, 0.3) is 0 Å². The number of fused-ring (bicyclic) bond motifs is 10. The van der Waals surface area contributed by atoms with Gasteiger partial charge >= 0.3 is 528 Å². The first-order valence-electron chi connectivity index (χ1n) is 32.1. The van der Waals surface area contributed by atoms with E-state index in [2.05, 4.69) is 268 Å². The molecule has 0 aromatic heterocycles. The predicted octanol–water partition coefficient (Wildman–Crippen LogP) is 24.7. The summed E-state index contributed by atoms with van der Waals surface area (Å²) in [5.41, 5.74) is 18.6. The van der Waals surface area contributed by atoms with Crippen LogP contribution in [0.25, 0.3) is 143 Å². The second kappa shape index (κ2) is 20.2. The number of hydrogen-bond acceptors (Lipinski definition) is 0. The molecule has 88 heavy (non-hydrogen) atoms. The summed E-state index contributed by atoms with van der Waals surface area (Å²) in [5.74, 6) is -0.991. The monoisotopic (exact) mass is 1260 g/mol. The van der Waals surface area contributed by atoms with Gasteiger partial charge in [0.1, 0.15) is 0 Å². The van der Waals surface area contributed by atoms with Crippen LogP contribution in [0, 0.1) is 11.8 Å². The van der Waals surface area contributed by atoms with Crippen molar-refractivity contribution in [3.63, 3.8) is 0 Å². The van der Waals surface area contributed by atoms with Crippen LogP contribution in [0.4, 0.5) is 0 Å². The quantitative estimate of drug-likeness (QED) is 0.0894. The summed E-state index contributed by atoms with van der Waals surface area (Å²) in [5, 5.41) is 20.1. The Balaban J connectivity index is 1.01. The summed E-state index contributed by atoms with van der Waals surface area (Å²) in [6.45, 7) is 5.18. The molecule has 0 amide bonds. The molecule has 0 aliphatic heterocycles. The average Bonchev–Trinajstić information content (AvgIpc) is 1.48. The average molecular weight is 1260 g/mol. The van der Waals surface area contributed by atoms with Crippen molar-refractivity contribution in [1.82, 2.24) is 0 Å². The van der Waals surface area contributed by atoms with Gasteiger partial charge in [-0.1, -0.05) is 0 Å². The van der Waals surface area contributed by atoms with Gasteiger partial charge in [-0.25, -0.2) is 0 Å². The van der Waals surface area contributed by atoms with Gasteiger partial charge in [-0.2, -0.15) is 0 Å². The van der Waals surface area contributed by atoms with Crippen molar-refractivity contribution >= 4 is 121 Å². The standard InChI is InChI=1S/2C41H29.C2H7Si.2ClH.Zr/c2*1-5-13-32-28(9-1)24-29-10-2-6-14-33(29)40(32)36-19-20-37(39-23-27(22-38(36)39)21-26-17-18-26)41-34-15-7-3-11-30(34)25-31-12-4-8-16-35(31)41;1-3-2;;;/h2*1-16,19-20,22-26H,17-18,21H2;3H,1-2H3;2*1H;/q;;;;;+2/p-2. The third kappa shape index (κ3) is 8.11. The van der Waals surface area contributed by atoms with E-state index in [1.165, 1.54) is 190 Å². The Hall–Kier alpha value is -7.68. The van der Waals surface area contributed by atoms with Gasteiger partial charge in [0.05, 0.1) is 0 Å². The third-order valence-corrected chi connectivity index (χ3v) is 73.1. The van der Waals surface area contributed by atoms with Gasteiger partial charge < -0.3 is 0 Å². The molecule has 0 spiro atoms. The van der Waals surface area contributed by atoms with Crippen LogP contribution in [-0.2, 0) is 15.6 Å². The number of benzene rings is 14. The summed E-state index contributed by atoms with van der Waals surface area (Å²) in [6.07, 6.45) is 12.3. The van der Waals surface area contributed by atoms with E-state index in [0.717, 1.165) is 12.8 Å². The van der Waals surface area contributed by atoms with Crippen molar-refractivity contribution in [2.75, 3.05) is 0 Å². The molecule has 14 aromatic rings. The van der Waals surface area contributed by atoms with Gasteiger partial charge in [-0.3, -0.25) is 0 Å². The third-order valence-electron chi connectivity index (χ3n) is 21.4.